The number of amides is 2. The number of hydrogen-bond acceptors (Lipinski definition) is 3. The second-order valence-electron chi connectivity index (χ2n) is 8.69. The van der Waals surface area contributed by atoms with Crippen molar-refractivity contribution in [1.82, 2.24) is 10.2 Å². The number of carbonyl (C=O) groups is 2. The van der Waals surface area contributed by atoms with E-state index < -0.39 is 0 Å². The smallest absolute Gasteiger partial charge is 0.262 e. The van der Waals surface area contributed by atoms with Gasteiger partial charge in [-0.05, 0) is 62.5 Å². The second-order valence-corrected chi connectivity index (χ2v) is 9.75. The third kappa shape index (κ3) is 3.82. The van der Waals surface area contributed by atoms with Gasteiger partial charge in [0.1, 0.15) is 0 Å². The number of nitrogens with one attached hydrogen (secondary N) is 1. The van der Waals surface area contributed by atoms with Crippen LogP contribution in [0, 0.1) is 0 Å². The van der Waals surface area contributed by atoms with Crippen LogP contribution in [0.2, 0.25) is 0 Å². The van der Waals surface area contributed by atoms with Crippen LogP contribution < -0.4 is 5.32 Å². The Morgan fingerprint density at radius 2 is 1.96 bits per heavy atom. The summed E-state index contributed by atoms with van der Waals surface area (Å²) in [5.74, 6) is 0.209. The van der Waals surface area contributed by atoms with E-state index in [4.69, 9.17) is 0 Å². The highest BCUT2D eigenvalue weighted by molar-refractivity contribution is 7.21. The van der Waals surface area contributed by atoms with Gasteiger partial charge in [-0.1, -0.05) is 31.0 Å². The predicted molar refractivity (Wildman–Crippen MR) is 115 cm³/mol. The molecule has 0 unspecified atom stereocenters. The Morgan fingerprint density at radius 1 is 1.18 bits per heavy atom. The molecule has 2 heterocycles. The zero-order valence-corrected chi connectivity index (χ0v) is 17.7. The molecule has 2 amide bonds. The van der Waals surface area contributed by atoms with Gasteiger partial charge in [0.05, 0.1) is 4.88 Å². The zero-order valence-electron chi connectivity index (χ0n) is 16.9. The lowest BCUT2D eigenvalue weighted by Crippen LogP contribution is -2.51. The van der Waals surface area contributed by atoms with Crippen LogP contribution in [0.25, 0.3) is 10.1 Å². The van der Waals surface area contributed by atoms with Crippen molar-refractivity contribution < 1.29 is 9.59 Å². The summed E-state index contributed by atoms with van der Waals surface area (Å²) in [6, 6.07) is 8.48. The fourth-order valence-electron chi connectivity index (χ4n) is 4.69. The van der Waals surface area contributed by atoms with Gasteiger partial charge in [-0.3, -0.25) is 9.59 Å². The summed E-state index contributed by atoms with van der Waals surface area (Å²) >= 11 is 1.60. The summed E-state index contributed by atoms with van der Waals surface area (Å²) in [4.78, 5) is 28.3. The molecule has 2 aromatic rings. The van der Waals surface area contributed by atoms with Crippen molar-refractivity contribution in [3.05, 3.63) is 34.7 Å². The van der Waals surface area contributed by atoms with E-state index in [1.807, 2.05) is 17.0 Å². The molecule has 0 spiro atoms. The Kier molecular flexibility index (Phi) is 5.46. The first-order valence-electron chi connectivity index (χ1n) is 10.6. The van der Waals surface area contributed by atoms with Crippen molar-refractivity contribution in [3.63, 3.8) is 0 Å². The summed E-state index contributed by atoms with van der Waals surface area (Å²) in [6.07, 6.45) is 8.48. The van der Waals surface area contributed by atoms with E-state index in [0.29, 0.717) is 0 Å². The van der Waals surface area contributed by atoms with E-state index in [-0.39, 0.29) is 23.4 Å². The molecule has 1 aliphatic heterocycles. The predicted octanol–water partition coefficient (Wildman–Crippen LogP) is 4.91. The number of hydrogen-bond donors (Lipinski definition) is 1. The monoisotopic (exact) mass is 398 g/mol. The van der Waals surface area contributed by atoms with Crippen molar-refractivity contribution in [2.24, 2.45) is 0 Å². The minimum atomic E-state index is -0.0573. The van der Waals surface area contributed by atoms with Gasteiger partial charge in [0, 0.05) is 29.7 Å². The molecule has 150 valence electrons. The molecule has 4 nitrogen and oxygen atoms in total. The Hall–Kier alpha value is -1.88. The first-order chi connectivity index (χ1) is 13.5. The van der Waals surface area contributed by atoms with Crippen LogP contribution in [0.4, 0.5) is 0 Å². The van der Waals surface area contributed by atoms with Crippen LogP contribution in [-0.2, 0) is 11.2 Å². The molecule has 1 saturated carbocycles. The minimum Gasteiger partial charge on any atom is -0.346 e. The van der Waals surface area contributed by atoms with Gasteiger partial charge >= 0.3 is 0 Å². The summed E-state index contributed by atoms with van der Waals surface area (Å²) in [5.41, 5.74) is 1.07. The fourth-order valence-corrected chi connectivity index (χ4v) is 5.82. The Morgan fingerprint density at radius 3 is 2.68 bits per heavy atom. The van der Waals surface area contributed by atoms with E-state index >= 15 is 0 Å². The Bertz CT molecular complexity index is 884. The van der Waals surface area contributed by atoms with Gasteiger partial charge in [-0.15, -0.1) is 11.3 Å². The lowest BCUT2D eigenvalue weighted by Gasteiger charge is -2.39. The summed E-state index contributed by atoms with van der Waals surface area (Å²) in [5, 5.41) is 4.46. The number of fused-ring (bicyclic) bond motifs is 1. The standard InChI is InChI=1S/C23H30N2O2S/c1-16(26)25-14-7-3-4-9-17(25)15-19-18-10-5-6-11-20(18)28-21(19)22(27)24-23(2)12-8-13-23/h5-6,10-11,17H,3-4,7-9,12-15H2,1-2H3,(H,24,27)/t17-/m0/s1. The number of thiophene rings is 1. The highest BCUT2D eigenvalue weighted by Crippen LogP contribution is 2.36. The average molecular weight is 399 g/mol. The molecule has 4 rings (SSSR count). The molecular weight excluding hydrogens is 368 g/mol. The van der Waals surface area contributed by atoms with Crippen molar-refractivity contribution >= 4 is 33.2 Å². The van der Waals surface area contributed by atoms with Gasteiger partial charge in [0.15, 0.2) is 0 Å². The highest BCUT2D eigenvalue weighted by Gasteiger charge is 2.35. The summed E-state index contributed by atoms with van der Waals surface area (Å²) in [7, 11) is 0. The lowest BCUT2D eigenvalue weighted by molar-refractivity contribution is -0.131. The van der Waals surface area contributed by atoms with Gasteiger partial charge < -0.3 is 10.2 Å². The molecule has 0 bridgehead atoms. The number of benzene rings is 1. The van der Waals surface area contributed by atoms with E-state index in [2.05, 4.69) is 24.4 Å². The lowest BCUT2D eigenvalue weighted by atomic mass is 9.78. The first kappa shape index (κ1) is 19.4. The average Bonchev–Trinajstić information content (AvgIpc) is 2.83. The molecule has 2 fully saturated rings. The molecule has 5 heteroatoms. The fraction of sp³-hybridized carbons (Fsp3) is 0.565. The van der Waals surface area contributed by atoms with Crippen LogP contribution in [0.3, 0.4) is 0 Å². The van der Waals surface area contributed by atoms with Crippen LogP contribution in [0.5, 0.6) is 0 Å². The molecule has 1 N–H and O–H groups in total. The molecule has 0 radical (unpaired) electrons. The van der Waals surface area contributed by atoms with Crippen molar-refractivity contribution in [3.8, 4) is 0 Å². The SMILES string of the molecule is CC(=O)N1CCCCC[C@H]1Cc1c(C(=O)NC2(C)CCC2)sc2ccccc12. The molecule has 1 aromatic carbocycles. The molecule has 2 aliphatic rings. The summed E-state index contributed by atoms with van der Waals surface area (Å²) in [6.45, 7) is 4.65. The maximum Gasteiger partial charge on any atom is 0.262 e. The van der Waals surface area contributed by atoms with E-state index in [1.165, 1.54) is 18.2 Å². The maximum absolute atomic E-state index is 13.2. The van der Waals surface area contributed by atoms with Gasteiger partial charge in [-0.2, -0.15) is 0 Å². The van der Waals surface area contributed by atoms with Crippen molar-refractivity contribution in [2.45, 2.75) is 76.8 Å². The third-order valence-corrected chi connectivity index (χ3v) is 7.71. The normalized spacial score (nSPS) is 21.8. The summed E-state index contributed by atoms with van der Waals surface area (Å²) < 4.78 is 1.16. The highest BCUT2D eigenvalue weighted by atomic mass is 32.1. The van der Waals surface area contributed by atoms with Crippen LogP contribution in [0.1, 0.15) is 74.0 Å². The third-order valence-electron chi connectivity index (χ3n) is 6.50. The number of rotatable bonds is 4. The number of carbonyl (C=O) groups excluding carboxylic acids is 2. The second kappa shape index (κ2) is 7.86. The topological polar surface area (TPSA) is 49.4 Å². The van der Waals surface area contributed by atoms with Crippen LogP contribution >= 0.6 is 11.3 Å². The minimum absolute atomic E-state index is 0.0568. The van der Waals surface area contributed by atoms with Crippen molar-refractivity contribution in [1.29, 1.82) is 0 Å². The van der Waals surface area contributed by atoms with Gasteiger partial charge in [0.25, 0.3) is 5.91 Å². The van der Waals surface area contributed by atoms with Gasteiger partial charge in [-0.25, -0.2) is 0 Å². The van der Waals surface area contributed by atoms with Crippen molar-refractivity contribution in [2.75, 3.05) is 6.54 Å². The Labute approximate surface area is 171 Å². The number of nitrogens with zero attached hydrogens (tertiary/aromatic N) is 1. The molecular formula is C23H30N2O2S. The van der Waals surface area contributed by atoms with E-state index in [0.717, 1.165) is 60.2 Å². The van der Waals surface area contributed by atoms with Crippen LogP contribution in [0.15, 0.2) is 24.3 Å². The largest absolute Gasteiger partial charge is 0.346 e. The molecule has 1 saturated heterocycles. The quantitative estimate of drug-likeness (QED) is 0.796. The molecule has 1 atom stereocenters. The maximum atomic E-state index is 13.2. The first-order valence-corrected chi connectivity index (χ1v) is 11.4. The van der Waals surface area contributed by atoms with E-state index in [9.17, 15) is 9.59 Å². The van der Waals surface area contributed by atoms with Crippen LogP contribution in [-0.4, -0.2) is 34.8 Å². The van der Waals surface area contributed by atoms with Gasteiger partial charge in [0.2, 0.25) is 5.91 Å². The molecule has 28 heavy (non-hydrogen) atoms. The van der Waals surface area contributed by atoms with E-state index in [1.54, 1.807) is 18.3 Å². The Balaban J connectivity index is 1.68. The molecule has 1 aromatic heterocycles. The molecule has 1 aliphatic carbocycles. The zero-order chi connectivity index (χ0) is 19.7. The number of likely N-dealkylation sites (tertiary alicyclic amines) is 1.